The molecule has 0 saturated carbocycles. The van der Waals surface area contributed by atoms with Crippen LogP contribution in [0.25, 0.3) is 10.9 Å². The molecule has 0 spiro atoms. The second kappa shape index (κ2) is 5.21. The van der Waals surface area contributed by atoms with E-state index in [1.807, 2.05) is 0 Å². The maximum absolute atomic E-state index is 13.0. The van der Waals surface area contributed by atoms with E-state index in [-0.39, 0.29) is 23.8 Å². The molecule has 1 aromatic heterocycles. The molecule has 2 aromatic rings. The number of hydrogen-bond acceptors (Lipinski definition) is 5. The minimum Gasteiger partial charge on any atom is -0.478 e. The van der Waals surface area contributed by atoms with Gasteiger partial charge in [0.15, 0.2) is 11.1 Å². The number of carbonyl (C=O) groups is 1. The molecule has 21 heavy (non-hydrogen) atoms. The van der Waals surface area contributed by atoms with Gasteiger partial charge in [0.25, 0.3) is 0 Å². The lowest BCUT2D eigenvalue weighted by Gasteiger charge is -2.19. The normalized spacial score (nSPS) is 18.2. The summed E-state index contributed by atoms with van der Waals surface area (Å²) in [7, 11) is 0. The van der Waals surface area contributed by atoms with Gasteiger partial charge in [-0.2, -0.15) is 5.10 Å². The summed E-state index contributed by atoms with van der Waals surface area (Å²) in [6.07, 6.45) is -1.03. The number of anilines is 1. The first kappa shape index (κ1) is 13.6. The van der Waals surface area contributed by atoms with Crippen molar-refractivity contribution in [3.63, 3.8) is 0 Å². The average molecular weight is 312 g/mol. The number of benzene rings is 1. The molecule has 3 rings (SSSR count). The number of aliphatic imine (C=N–C) groups is 1. The Balaban J connectivity index is 2.03. The molecule has 0 radical (unpaired) electrons. The third-order valence-corrected chi connectivity index (χ3v) is 3.33. The minimum atomic E-state index is -1.08. The van der Waals surface area contributed by atoms with Crippen molar-refractivity contribution in [3.8, 4) is 0 Å². The van der Waals surface area contributed by atoms with Crippen LogP contribution in [0.15, 0.2) is 17.1 Å². The van der Waals surface area contributed by atoms with Crippen LogP contribution in [0, 0.1) is 0 Å². The summed E-state index contributed by atoms with van der Waals surface area (Å²) in [5.74, 6) is -0.710. The van der Waals surface area contributed by atoms with Crippen LogP contribution in [0.2, 0.25) is 5.15 Å². The number of nitrogens with zero attached hydrogens (tertiary/aromatic N) is 2. The molecule has 0 aliphatic carbocycles. The topological polar surface area (TPSA) is 102 Å². The van der Waals surface area contributed by atoms with E-state index in [4.69, 9.17) is 16.7 Å². The lowest BCUT2D eigenvalue weighted by Crippen LogP contribution is -2.40. The first-order chi connectivity index (χ1) is 10.0. The molecule has 2 heterocycles. The number of carboxylic acid groups (broad SMARTS) is 1. The lowest BCUT2D eigenvalue weighted by atomic mass is 10.1. The standard InChI is InChI=1S/C12H11ClFN5O2/c13-10-9-7(17-12-15-3-6(14)4-16-12)1-5(11(20)21)2-8(9)18-19-10/h1-2,6H,3-4H2,(H,18,19)(H,20,21)(H2,15,16,17). The van der Waals surface area contributed by atoms with Crippen molar-refractivity contribution in [1.29, 1.82) is 0 Å². The molecule has 1 unspecified atom stereocenters. The highest BCUT2D eigenvalue weighted by Gasteiger charge is 2.18. The second-order valence-corrected chi connectivity index (χ2v) is 4.92. The SMILES string of the molecule is O=C(O)c1cc(NC2=NCC(F)CN2)c2c(Cl)n[nH]c2c1. The summed E-state index contributed by atoms with van der Waals surface area (Å²) in [6, 6.07) is 2.87. The predicted molar refractivity (Wildman–Crippen MR) is 76.9 cm³/mol. The number of aromatic carboxylic acids is 1. The number of alkyl halides is 1. The Bertz CT molecular complexity index is 745. The molecular formula is C12H11ClFN5O2. The van der Waals surface area contributed by atoms with E-state index in [0.717, 1.165) is 0 Å². The van der Waals surface area contributed by atoms with Crippen LogP contribution in [0.5, 0.6) is 0 Å². The van der Waals surface area contributed by atoms with Crippen LogP contribution < -0.4 is 10.6 Å². The molecule has 110 valence electrons. The summed E-state index contributed by atoms with van der Waals surface area (Å²) in [5.41, 5.74) is 1.000. The van der Waals surface area contributed by atoms with Crippen LogP contribution in [0.3, 0.4) is 0 Å². The van der Waals surface area contributed by atoms with Gasteiger partial charge >= 0.3 is 5.97 Å². The van der Waals surface area contributed by atoms with E-state index >= 15 is 0 Å². The van der Waals surface area contributed by atoms with Gasteiger partial charge in [-0.05, 0) is 12.1 Å². The summed E-state index contributed by atoms with van der Waals surface area (Å²) in [5, 5.41) is 22.1. The fraction of sp³-hybridized carbons (Fsp3) is 0.250. The first-order valence-corrected chi connectivity index (χ1v) is 6.52. The van der Waals surface area contributed by atoms with Crippen LogP contribution in [0.1, 0.15) is 10.4 Å². The van der Waals surface area contributed by atoms with Crippen LogP contribution in [-0.4, -0.2) is 46.5 Å². The van der Waals surface area contributed by atoms with Gasteiger partial charge in [0.2, 0.25) is 0 Å². The molecule has 0 bridgehead atoms. The van der Waals surface area contributed by atoms with Gasteiger partial charge in [-0.1, -0.05) is 11.6 Å². The average Bonchev–Trinajstić information content (AvgIpc) is 2.83. The summed E-state index contributed by atoms with van der Waals surface area (Å²) in [6.45, 7) is 0.197. The van der Waals surface area contributed by atoms with Crippen molar-refractivity contribution >= 4 is 40.1 Å². The fourth-order valence-electron chi connectivity index (χ4n) is 2.07. The quantitative estimate of drug-likeness (QED) is 0.675. The van der Waals surface area contributed by atoms with Crippen LogP contribution >= 0.6 is 11.6 Å². The molecule has 1 aliphatic rings. The highest BCUT2D eigenvalue weighted by molar-refractivity contribution is 6.35. The Morgan fingerprint density at radius 1 is 1.52 bits per heavy atom. The van der Waals surface area contributed by atoms with E-state index < -0.39 is 12.1 Å². The third-order valence-electron chi connectivity index (χ3n) is 3.06. The minimum absolute atomic E-state index is 0.0518. The van der Waals surface area contributed by atoms with Crippen molar-refractivity contribution in [3.05, 3.63) is 22.8 Å². The van der Waals surface area contributed by atoms with Crippen molar-refractivity contribution in [2.75, 3.05) is 18.4 Å². The number of nitrogens with one attached hydrogen (secondary N) is 3. The lowest BCUT2D eigenvalue weighted by molar-refractivity contribution is 0.0697. The van der Waals surface area contributed by atoms with E-state index in [1.54, 1.807) is 0 Å². The van der Waals surface area contributed by atoms with Crippen molar-refractivity contribution in [1.82, 2.24) is 15.5 Å². The van der Waals surface area contributed by atoms with Crippen molar-refractivity contribution in [2.45, 2.75) is 6.17 Å². The van der Waals surface area contributed by atoms with Crippen molar-refractivity contribution < 1.29 is 14.3 Å². The van der Waals surface area contributed by atoms with E-state index in [1.165, 1.54) is 12.1 Å². The zero-order chi connectivity index (χ0) is 15.0. The third kappa shape index (κ3) is 2.62. The number of guanidine groups is 1. The Hall–Kier alpha value is -2.35. The number of hydrogen-bond donors (Lipinski definition) is 4. The van der Waals surface area contributed by atoms with E-state index in [0.29, 0.717) is 22.5 Å². The maximum atomic E-state index is 13.0. The molecule has 9 heteroatoms. The summed E-state index contributed by atoms with van der Waals surface area (Å²) in [4.78, 5) is 15.1. The smallest absolute Gasteiger partial charge is 0.335 e. The molecule has 0 saturated heterocycles. The molecule has 4 N–H and O–H groups in total. The number of carboxylic acids is 1. The van der Waals surface area contributed by atoms with Crippen LogP contribution in [-0.2, 0) is 0 Å². The molecule has 1 aromatic carbocycles. The second-order valence-electron chi connectivity index (χ2n) is 4.56. The fourth-order valence-corrected chi connectivity index (χ4v) is 2.32. The molecule has 1 aliphatic heterocycles. The van der Waals surface area contributed by atoms with E-state index in [9.17, 15) is 9.18 Å². The Morgan fingerprint density at radius 2 is 2.33 bits per heavy atom. The monoisotopic (exact) mass is 311 g/mol. The van der Waals surface area contributed by atoms with Gasteiger partial charge in [0.05, 0.1) is 35.2 Å². The first-order valence-electron chi connectivity index (χ1n) is 6.15. The van der Waals surface area contributed by atoms with Gasteiger partial charge in [-0.15, -0.1) is 0 Å². The van der Waals surface area contributed by atoms with Crippen LogP contribution in [0.4, 0.5) is 10.1 Å². The van der Waals surface area contributed by atoms with Gasteiger partial charge in [-0.3, -0.25) is 5.10 Å². The Labute approximate surface area is 123 Å². The Kier molecular flexibility index (Phi) is 3.38. The Morgan fingerprint density at radius 3 is 3.00 bits per heavy atom. The highest BCUT2D eigenvalue weighted by Crippen LogP contribution is 2.30. The largest absolute Gasteiger partial charge is 0.478 e. The molecular weight excluding hydrogens is 301 g/mol. The predicted octanol–water partition coefficient (Wildman–Crippen LogP) is 1.62. The summed E-state index contributed by atoms with van der Waals surface area (Å²) < 4.78 is 13.0. The zero-order valence-corrected chi connectivity index (χ0v) is 11.4. The molecule has 1 atom stereocenters. The number of H-pyrrole nitrogens is 1. The number of aromatic amines is 1. The molecule has 0 fully saturated rings. The zero-order valence-electron chi connectivity index (χ0n) is 10.7. The highest BCUT2D eigenvalue weighted by atomic mass is 35.5. The van der Waals surface area contributed by atoms with Crippen molar-refractivity contribution in [2.24, 2.45) is 4.99 Å². The molecule has 0 amide bonds. The number of fused-ring (bicyclic) bond motifs is 1. The van der Waals surface area contributed by atoms with E-state index in [2.05, 4.69) is 25.8 Å². The number of rotatable bonds is 2. The van der Waals surface area contributed by atoms with Gasteiger partial charge < -0.3 is 15.7 Å². The van der Waals surface area contributed by atoms with Gasteiger partial charge in [0, 0.05) is 0 Å². The molecule has 7 nitrogen and oxygen atoms in total. The maximum Gasteiger partial charge on any atom is 0.335 e. The summed E-state index contributed by atoms with van der Waals surface area (Å²) >= 11 is 6.00. The number of aromatic nitrogens is 2. The van der Waals surface area contributed by atoms with Gasteiger partial charge in [-0.25, -0.2) is 14.2 Å². The van der Waals surface area contributed by atoms with Gasteiger partial charge in [0.1, 0.15) is 6.17 Å². The number of halogens is 2.